The first-order chi connectivity index (χ1) is 15.9. The Bertz CT molecular complexity index is 952. The third kappa shape index (κ3) is 4.97. The highest BCUT2D eigenvalue weighted by Gasteiger charge is 2.57. The van der Waals surface area contributed by atoms with E-state index in [1.165, 1.54) is 44.2 Å². The predicted octanol–water partition coefficient (Wildman–Crippen LogP) is 6.24. The normalized spacial score (nSPS) is 26.4. The molecule has 0 amide bonds. The number of aromatic nitrogens is 3. The summed E-state index contributed by atoms with van der Waals surface area (Å²) in [5, 5.41) is 9.97. The van der Waals surface area contributed by atoms with E-state index in [0.717, 1.165) is 61.2 Å². The van der Waals surface area contributed by atoms with E-state index in [0.29, 0.717) is 11.8 Å². The summed E-state index contributed by atoms with van der Waals surface area (Å²) in [5.41, 5.74) is 0.794. The Kier molecular flexibility index (Phi) is 6.51. The molecule has 1 aromatic heterocycles. The molecule has 2 atom stereocenters. The van der Waals surface area contributed by atoms with Crippen LogP contribution in [0, 0.1) is 5.41 Å². The van der Waals surface area contributed by atoms with Gasteiger partial charge in [0.25, 0.3) is 0 Å². The molecule has 1 saturated heterocycles. The zero-order valence-corrected chi connectivity index (χ0v) is 20.1. The number of halogens is 3. The van der Waals surface area contributed by atoms with Gasteiger partial charge in [-0.05, 0) is 74.2 Å². The molecule has 2 aliphatic carbocycles. The van der Waals surface area contributed by atoms with Crippen LogP contribution < -0.4 is 0 Å². The van der Waals surface area contributed by atoms with E-state index in [2.05, 4.69) is 26.7 Å². The van der Waals surface area contributed by atoms with Gasteiger partial charge >= 0.3 is 6.18 Å². The van der Waals surface area contributed by atoms with E-state index in [4.69, 9.17) is 0 Å². The summed E-state index contributed by atoms with van der Waals surface area (Å²) in [4.78, 5) is 2.54. The lowest BCUT2D eigenvalue weighted by atomic mass is 9.89. The molecule has 3 aliphatic rings. The first-order valence-electron chi connectivity index (χ1n) is 12.3. The van der Waals surface area contributed by atoms with Crippen molar-refractivity contribution in [2.24, 2.45) is 12.5 Å². The Morgan fingerprint density at radius 2 is 1.85 bits per heavy atom. The maximum atomic E-state index is 12.8. The lowest BCUT2D eigenvalue weighted by Crippen LogP contribution is -2.23. The number of likely N-dealkylation sites (tertiary alicyclic amines) is 1. The Morgan fingerprint density at radius 1 is 1.09 bits per heavy atom. The fourth-order valence-corrected chi connectivity index (χ4v) is 6.81. The monoisotopic (exact) mass is 478 g/mol. The van der Waals surface area contributed by atoms with Gasteiger partial charge in [-0.15, -0.1) is 10.2 Å². The van der Waals surface area contributed by atoms with Gasteiger partial charge in [-0.2, -0.15) is 13.2 Å². The van der Waals surface area contributed by atoms with Crippen molar-refractivity contribution in [1.29, 1.82) is 0 Å². The van der Waals surface area contributed by atoms with Crippen molar-refractivity contribution in [3.8, 4) is 0 Å². The SMILES string of the molecule is Cn1c(SCCCN2CC[C@]3(CC3c3ccc(C(F)(F)F)cc3)C2)nnc1C1CCCCC1. The van der Waals surface area contributed by atoms with Crippen LogP contribution >= 0.6 is 11.8 Å². The highest BCUT2D eigenvalue weighted by molar-refractivity contribution is 7.99. The van der Waals surface area contributed by atoms with E-state index in [1.807, 2.05) is 0 Å². The first kappa shape index (κ1) is 23.2. The van der Waals surface area contributed by atoms with Crippen LogP contribution in [0.5, 0.6) is 0 Å². The van der Waals surface area contributed by atoms with Gasteiger partial charge in [0.1, 0.15) is 5.82 Å². The summed E-state index contributed by atoms with van der Waals surface area (Å²) < 4.78 is 40.7. The molecule has 1 aliphatic heterocycles. The molecule has 0 radical (unpaired) electrons. The van der Waals surface area contributed by atoms with Gasteiger partial charge in [0.15, 0.2) is 5.16 Å². The minimum Gasteiger partial charge on any atom is -0.309 e. The maximum Gasteiger partial charge on any atom is 0.416 e. The van der Waals surface area contributed by atoms with Crippen molar-refractivity contribution in [3.05, 3.63) is 41.2 Å². The molecule has 2 aromatic rings. The zero-order chi connectivity index (χ0) is 23.1. The number of hydrogen-bond acceptors (Lipinski definition) is 4. The Hall–Kier alpha value is -1.54. The second kappa shape index (κ2) is 9.25. The van der Waals surface area contributed by atoms with Gasteiger partial charge in [0.05, 0.1) is 5.56 Å². The maximum absolute atomic E-state index is 12.8. The quantitative estimate of drug-likeness (QED) is 0.348. The van der Waals surface area contributed by atoms with E-state index in [1.54, 1.807) is 23.9 Å². The lowest BCUT2D eigenvalue weighted by molar-refractivity contribution is -0.137. The van der Waals surface area contributed by atoms with Crippen LogP contribution in [0.15, 0.2) is 29.4 Å². The standard InChI is InChI=1S/C25H33F3N4S/c1-31-22(19-6-3-2-4-7-19)29-30-23(31)33-15-5-13-32-14-12-24(17-32)16-21(24)18-8-10-20(11-9-18)25(26,27)28/h8-11,19,21H,2-7,12-17H2,1H3/t21?,24-/m0/s1. The molecule has 1 spiro atoms. The first-order valence-corrected chi connectivity index (χ1v) is 13.3. The average molecular weight is 479 g/mol. The van der Waals surface area contributed by atoms with Gasteiger partial charge in [0, 0.05) is 25.3 Å². The third-order valence-corrected chi connectivity index (χ3v) is 9.09. The van der Waals surface area contributed by atoms with Crippen LogP contribution in [0.1, 0.15) is 80.2 Å². The number of benzene rings is 1. The molecule has 5 rings (SSSR count). The highest BCUT2D eigenvalue weighted by Crippen LogP contribution is 2.64. The summed E-state index contributed by atoms with van der Waals surface area (Å²) >= 11 is 1.80. The fraction of sp³-hybridized carbons (Fsp3) is 0.680. The third-order valence-electron chi connectivity index (χ3n) is 7.98. The molecule has 2 saturated carbocycles. The van der Waals surface area contributed by atoms with Crippen molar-refractivity contribution in [1.82, 2.24) is 19.7 Å². The topological polar surface area (TPSA) is 34.0 Å². The van der Waals surface area contributed by atoms with Crippen LogP contribution in [0.2, 0.25) is 0 Å². The summed E-state index contributed by atoms with van der Waals surface area (Å²) in [6, 6.07) is 5.84. The number of thioether (sulfide) groups is 1. The van der Waals surface area contributed by atoms with Gasteiger partial charge in [-0.3, -0.25) is 0 Å². The molecule has 180 valence electrons. The van der Waals surface area contributed by atoms with Gasteiger partial charge in [0.2, 0.25) is 0 Å². The zero-order valence-electron chi connectivity index (χ0n) is 19.3. The predicted molar refractivity (Wildman–Crippen MR) is 124 cm³/mol. The number of rotatable bonds is 7. The molecule has 33 heavy (non-hydrogen) atoms. The van der Waals surface area contributed by atoms with E-state index in [9.17, 15) is 13.2 Å². The Morgan fingerprint density at radius 3 is 2.58 bits per heavy atom. The van der Waals surface area contributed by atoms with E-state index >= 15 is 0 Å². The summed E-state index contributed by atoms with van der Waals surface area (Å²) in [6.45, 7) is 3.23. The van der Waals surface area contributed by atoms with Crippen LogP contribution in [-0.2, 0) is 13.2 Å². The summed E-state index contributed by atoms with van der Waals surface area (Å²) in [6.07, 6.45) is 5.53. The molecule has 1 unspecified atom stereocenters. The smallest absolute Gasteiger partial charge is 0.309 e. The Balaban J connectivity index is 1.06. The summed E-state index contributed by atoms with van der Waals surface area (Å²) in [5.74, 6) is 3.17. The van der Waals surface area contributed by atoms with Crippen LogP contribution in [0.3, 0.4) is 0 Å². The van der Waals surface area contributed by atoms with Gasteiger partial charge < -0.3 is 9.47 Å². The average Bonchev–Trinajstić information content (AvgIpc) is 3.15. The van der Waals surface area contributed by atoms with Crippen LogP contribution in [0.25, 0.3) is 0 Å². The molecular formula is C25H33F3N4S. The molecule has 1 aromatic carbocycles. The van der Waals surface area contributed by atoms with Crippen LogP contribution in [-0.4, -0.2) is 45.1 Å². The van der Waals surface area contributed by atoms with Crippen molar-refractivity contribution in [3.63, 3.8) is 0 Å². The lowest BCUT2D eigenvalue weighted by Gasteiger charge is -2.20. The number of nitrogens with zero attached hydrogens (tertiary/aromatic N) is 4. The van der Waals surface area contributed by atoms with E-state index < -0.39 is 11.7 Å². The Labute approximate surface area is 198 Å². The van der Waals surface area contributed by atoms with Crippen molar-refractivity contribution < 1.29 is 13.2 Å². The number of alkyl halides is 3. The molecule has 0 N–H and O–H groups in total. The number of hydrogen-bond donors (Lipinski definition) is 0. The van der Waals surface area contributed by atoms with E-state index in [-0.39, 0.29) is 5.41 Å². The largest absolute Gasteiger partial charge is 0.416 e. The highest BCUT2D eigenvalue weighted by atomic mass is 32.2. The van der Waals surface area contributed by atoms with Gasteiger partial charge in [-0.1, -0.05) is 43.2 Å². The fourth-order valence-electron chi connectivity index (χ4n) is 5.97. The van der Waals surface area contributed by atoms with Crippen molar-refractivity contribution >= 4 is 11.8 Å². The molecule has 8 heteroatoms. The molecule has 3 fully saturated rings. The molecule has 2 heterocycles. The van der Waals surface area contributed by atoms with Crippen LogP contribution in [0.4, 0.5) is 13.2 Å². The minimum atomic E-state index is -4.26. The van der Waals surface area contributed by atoms with Gasteiger partial charge in [-0.25, -0.2) is 0 Å². The molecule has 4 nitrogen and oxygen atoms in total. The minimum absolute atomic E-state index is 0.283. The second-order valence-electron chi connectivity index (χ2n) is 10.2. The van der Waals surface area contributed by atoms with Crippen molar-refractivity contribution in [2.45, 2.75) is 74.5 Å². The molecular weight excluding hydrogens is 445 g/mol. The van der Waals surface area contributed by atoms with Crippen molar-refractivity contribution in [2.75, 3.05) is 25.4 Å². The second-order valence-corrected chi connectivity index (χ2v) is 11.3. The molecule has 0 bridgehead atoms. The summed E-state index contributed by atoms with van der Waals surface area (Å²) in [7, 11) is 2.10.